The van der Waals surface area contributed by atoms with Crippen molar-refractivity contribution in [3.63, 3.8) is 0 Å². The number of nitrogens with one attached hydrogen (secondary N) is 1. The fourth-order valence-electron chi connectivity index (χ4n) is 4.31. The van der Waals surface area contributed by atoms with Gasteiger partial charge in [0, 0.05) is 30.7 Å². The Morgan fingerprint density at radius 2 is 2.00 bits per heavy atom. The lowest BCUT2D eigenvalue weighted by atomic mass is 10.0. The van der Waals surface area contributed by atoms with Crippen LogP contribution in [0.2, 0.25) is 0 Å². The molecule has 4 rings (SSSR count). The van der Waals surface area contributed by atoms with Gasteiger partial charge in [0.1, 0.15) is 11.6 Å². The van der Waals surface area contributed by atoms with Gasteiger partial charge in [0.25, 0.3) is 0 Å². The number of benzene rings is 1. The largest absolute Gasteiger partial charge is 0.497 e. The number of oxime groups is 1. The number of fused-ring (bicyclic) bond motifs is 1. The molecule has 0 radical (unpaired) electrons. The molecule has 2 aliphatic carbocycles. The average molecular weight is 530 g/mol. The van der Waals surface area contributed by atoms with E-state index in [0.29, 0.717) is 0 Å². The first-order valence-corrected chi connectivity index (χ1v) is 13.5. The Hall–Kier alpha value is -4.13. The van der Waals surface area contributed by atoms with Gasteiger partial charge >= 0.3 is 0 Å². The number of aryl methyl sites for hydroxylation is 1. The highest BCUT2D eigenvalue weighted by molar-refractivity contribution is 6.04. The molecular weight excluding hydrogens is 486 g/mol. The van der Waals surface area contributed by atoms with E-state index in [4.69, 9.17) is 9.94 Å². The summed E-state index contributed by atoms with van der Waals surface area (Å²) >= 11 is 0. The van der Waals surface area contributed by atoms with Crippen molar-refractivity contribution in [1.82, 2.24) is 9.55 Å². The smallest absolute Gasteiger partial charge is 0.151 e. The van der Waals surface area contributed by atoms with Crippen LogP contribution in [0.4, 0.5) is 5.69 Å². The van der Waals surface area contributed by atoms with Gasteiger partial charge in [-0.15, -0.1) is 0 Å². The summed E-state index contributed by atoms with van der Waals surface area (Å²) in [5.74, 6) is 1.69. The van der Waals surface area contributed by atoms with Gasteiger partial charge in [-0.2, -0.15) is 0 Å². The first-order chi connectivity index (χ1) is 19.0. The summed E-state index contributed by atoms with van der Waals surface area (Å²) in [5, 5.41) is 15.9. The first-order valence-electron chi connectivity index (χ1n) is 13.5. The predicted molar refractivity (Wildman–Crippen MR) is 163 cm³/mol. The fourth-order valence-corrected chi connectivity index (χ4v) is 4.31. The van der Waals surface area contributed by atoms with Crippen molar-refractivity contribution < 1.29 is 9.94 Å². The number of anilines is 1. The number of rotatable bonds is 6. The number of hydrogen-bond donors (Lipinski definition) is 2. The molecule has 0 atom stereocenters. The molecule has 208 valence electrons. The quantitative estimate of drug-likeness (QED) is 0.136. The molecule has 1 aromatic heterocycles. The van der Waals surface area contributed by atoms with E-state index in [2.05, 4.69) is 52.2 Å². The third kappa shape index (κ3) is 8.70. The van der Waals surface area contributed by atoms with Crippen LogP contribution in [-0.2, 0) is 11.2 Å². The highest BCUT2D eigenvalue weighted by Gasteiger charge is 2.18. The molecule has 0 spiro atoms. The summed E-state index contributed by atoms with van der Waals surface area (Å²) in [6, 6.07) is 6.08. The Bertz CT molecular complexity index is 1330. The summed E-state index contributed by atoms with van der Waals surface area (Å²) in [6.45, 7) is 12.0. The zero-order valence-electron chi connectivity index (χ0n) is 24.2. The van der Waals surface area contributed by atoms with Crippen LogP contribution in [0.5, 0.6) is 0 Å². The molecule has 7 heteroatoms. The van der Waals surface area contributed by atoms with Gasteiger partial charge in [-0.05, 0) is 75.3 Å². The lowest BCUT2D eigenvalue weighted by molar-refractivity contribution is 0.300. The predicted octanol–water partition coefficient (Wildman–Crippen LogP) is 7.25. The van der Waals surface area contributed by atoms with E-state index in [0.717, 1.165) is 66.1 Å². The fraction of sp³-hybridized carbons (Fsp3) is 0.344. The maximum atomic E-state index is 9.07. The molecule has 0 saturated carbocycles. The van der Waals surface area contributed by atoms with Gasteiger partial charge in [0.15, 0.2) is 5.49 Å². The molecule has 0 fully saturated rings. The second kappa shape index (κ2) is 16.7. The monoisotopic (exact) mass is 529 g/mol. The van der Waals surface area contributed by atoms with E-state index in [9.17, 15) is 0 Å². The average Bonchev–Trinajstić information content (AvgIpc) is 3.27. The van der Waals surface area contributed by atoms with Crippen molar-refractivity contribution in [2.75, 3.05) is 19.5 Å². The number of ether oxygens (including phenoxy) is 1. The van der Waals surface area contributed by atoms with Crippen LogP contribution in [-0.4, -0.2) is 34.6 Å². The normalized spacial score (nSPS) is 16.2. The van der Waals surface area contributed by atoms with E-state index in [1.54, 1.807) is 26.6 Å². The molecule has 1 aromatic carbocycles. The maximum absolute atomic E-state index is 9.07. The summed E-state index contributed by atoms with van der Waals surface area (Å²) in [6.07, 6.45) is 20.6. The van der Waals surface area contributed by atoms with Gasteiger partial charge < -0.3 is 15.3 Å². The van der Waals surface area contributed by atoms with Crippen LogP contribution < -0.4 is 10.8 Å². The van der Waals surface area contributed by atoms with Gasteiger partial charge in [0.05, 0.1) is 19.0 Å². The van der Waals surface area contributed by atoms with Crippen molar-refractivity contribution in [2.45, 2.75) is 59.8 Å². The lowest BCUT2D eigenvalue weighted by Gasteiger charge is -2.15. The summed E-state index contributed by atoms with van der Waals surface area (Å²) < 4.78 is 7.07. The van der Waals surface area contributed by atoms with E-state index in [-0.39, 0.29) is 0 Å². The van der Waals surface area contributed by atoms with Gasteiger partial charge in [0.2, 0.25) is 0 Å². The molecule has 1 heterocycles. The Kier molecular flexibility index (Phi) is 13.3. The summed E-state index contributed by atoms with van der Waals surface area (Å²) in [5.41, 5.74) is 7.36. The van der Waals surface area contributed by atoms with Crippen molar-refractivity contribution in [1.29, 1.82) is 0 Å². The van der Waals surface area contributed by atoms with Gasteiger partial charge in [-0.25, -0.2) is 0 Å². The molecule has 0 aliphatic heterocycles. The number of methoxy groups -OCH3 is 1. The summed E-state index contributed by atoms with van der Waals surface area (Å²) in [4.78, 5) is 8.40. The highest BCUT2D eigenvalue weighted by Crippen LogP contribution is 2.27. The minimum absolute atomic E-state index is 0.751. The third-order valence-electron chi connectivity index (χ3n) is 6.39. The number of allylic oxidation sites excluding steroid dienone is 7. The SMILES string of the molecule is C/C=C/C=C(\Nc1ccc2c(c1)CC/C2=N\O)n1ccncc1=NC.C=C(OC)C1=C(C)CCC=CC1.CC. The van der Waals surface area contributed by atoms with Crippen LogP contribution in [0.3, 0.4) is 0 Å². The van der Waals surface area contributed by atoms with Crippen LogP contribution in [0, 0.1) is 0 Å². The van der Waals surface area contributed by atoms with Crippen molar-refractivity contribution in [3.05, 3.63) is 107 Å². The van der Waals surface area contributed by atoms with E-state index in [1.165, 1.54) is 16.7 Å². The Balaban J connectivity index is 0.000000320. The van der Waals surface area contributed by atoms with Crippen LogP contribution in [0.15, 0.2) is 101 Å². The molecule has 0 amide bonds. The lowest BCUT2D eigenvalue weighted by Crippen LogP contribution is -2.23. The number of aromatic nitrogens is 2. The Morgan fingerprint density at radius 1 is 1.21 bits per heavy atom. The second-order valence-corrected chi connectivity index (χ2v) is 8.75. The van der Waals surface area contributed by atoms with Crippen LogP contribution >= 0.6 is 0 Å². The molecule has 0 bridgehead atoms. The molecule has 7 nitrogen and oxygen atoms in total. The topological polar surface area (TPSA) is 84.0 Å². The zero-order valence-corrected chi connectivity index (χ0v) is 24.2. The Morgan fingerprint density at radius 3 is 2.69 bits per heavy atom. The first kappa shape index (κ1) is 31.1. The molecule has 2 N–H and O–H groups in total. The van der Waals surface area contributed by atoms with Crippen LogP contribution in [0.25, 0.3) is 5.82 Å². The molecule has 2 aromatic rings. The van der Waals surface area contributed by atoms with Crippen molar-refractivity contribution in [2.24, 2.45) is 10.1 Å². The molecule has 0 unspecified atom stereocenters. The Labute approximate surface area is 233 Å². The second-order valence-electron chi connectivity index (χ2n) is 8.75. The minimum atomic E-state index is 0.751. The summed E-state index contributed by atoms with van der Waals surface area (Å²) in [7, 11) is 3.42. The van der Waals surface area contributed by atoms with Gasteiger partial charge in [-0.1, -0.05) is 61.5 Å². The minimum Gasteiger partial charge on any atom is -0.497 e. The molecule has 39 heavy (non-hydrogen) atoms. The van der Waals surface area contributed by atoms with Crippen molar-refractivity contribution >= 4 is 17.2 Å². The van der Waals surface area contributed by atoms with Gasteiger partial charge in [-0.3, -0.25) is 14.5 Å². The van der Waals surface area contributed by atoms with Crippen LogP contribution in [0.1, 0.15) is 64.5 Å². The maximum Gasteiger partial charge on any atom is 0.151 e. The highest BCUT2D eigenvalue weighted by atomic mass is 16.5. The number of nitrogens with zero attached hydrogens (tertiary/aromatic N) is 4. The standard InChI is InChI=1S/C19H21N5O.C11H16O.C2H6/c1-3-4-5-18(24-11-10-21-13-19(24)20-2)22-15-7-8-16-14(12-15)6-9-17(16)23-25;1-9-7-5-4-6-8-11(9)10(2)12-3;1-2/h3-5,7-8,10-13,22,25H,6,9H2,1-2H3;4,6H,2,5,7-8H2,1,3H3;1-2H3/b4-3+,18-5+,20-19?,23-17+;;. The molecular formula is C32H43N5O2. The van der Waals surface area contributed by atoms with Crippen molar-refractivity contribution in [3.8, 4) is 0 Å². The van der Waals surface area contributed by atoms with E-state index < -0.39 is 0 Å². The third-order valence-corrected chi connectivity index (χ3v) is 6.39. The number of hydrogen-bond acceptors (Lipinski definition) is 6. The zero-order chi connectivity index (χ0) is 28.6. The van der Waals surface area contributed by atoms with E-state index in [1.807, 2.05) is 61.9 Å². The molecule has 2 aliphatic rings. The molecule has 0 saturated heterocycles. The van der Waals surface area contributed by atoms with E-state index >= 15 is 0 Å².